The lowest BCUT2D eigenvalue weighted by Crippen LogP contribution is -2.41. The first kappa shape index (κ1) is 15.5. The minimum absolute atomic E-state index is 0.124. The molecule has 0 spiro atoms. The first-order valence-corrected chi connectivity index (χ1v) is 8.27. The lowest BCUT2D eigenvalue weighted by atomic mass is 9.96. The maximum absolute atomic E-state index is 6.47. The Morgan fingerprint density at radius 2 is 1.95 bits per heavy atom. The van der Waals surface area contributed by atoms with Crippen molar-refractivity contribution in [3.05, 3.63) is 35.9 Å². The molecule has 0 bridgehead atoms. The van der Waals surface area contributed by atoms with Gasteiger partial charge in [-0.1, -0.05) is 50.1 Å². The van der Waals surface area contributed by atoms with Crippen molar-refractivity contribution < 1.29 is 0 Å². The van der Waals surface area contributed by atoms with Crippen LogP contribution in [0, 0.1) is 5.92 Å². The summed E-state index contributed by atoms with van der Waals surface area (Å²) in [7, 11) is 0. The molecule has 2 nitrogen and oxygen atoms in total. The molecule has 1 aromatic rings. The average Bonchev–Trinajstić information content (AvgIpc) is 2.73. The second kappa shape index (κ2) is 7.80. The highest BCUT2D eigenvalue weighted by Gasteiger charge is 2.24. The van der Waals surface area contributed by atoms with Gasteiger partial charge in [-0.3, -0.25) is 4.90 Å². The second-order valence-corrected chi connectivity index (χ2v) is 6.30. The van der Waals surface area contributed by atoms with Crippen LogP contribution in [0.1, 0.15) is 57.6 Å². The van der Waals surface area contributed by atoms with E-state index in [2.05, 4.69) is 49.1 Å². The Labute approximate surface area is 124 Å². The van der Waals surface area contributed by atoms with Crippen LogP contribution in [0.5, 0.6) is 0 Å². The van der Waals surface area contributed by atoms with E-state index in [0.29, 0.717) is 6.04 Å². The van der Waals surface area contributed by atoms with Crippen molar-refractivity contribution in [3.8, 4) is 0 Å². The Balaban J connectivity index is 1.93. The molecule has 1 heterocycles. The molecule has 1 saturated heterocycles. The summed E-state index contributed by atoms with van der Waals surface area (Å²) in [5, 5.41) is 0. The largest absolute Gasteiger partial charge is 0.323 e. The molecule has 2 heteroatoms. The third-order valence-electron chi connectivity index (χ3n) is 4.86. The quantitative estimate of drug-likeness (QED) is 0.880. The maximum atomic E-state index is 6.47. The lowest BCUT2D eigenvalue weighted by Gasteiger charge is -2.32. The fourth-order valence-corrected chi connectivity index (χ4v) is 3.47. The third kappa shape index (κ3) is 4.07. The highest BCUT2D eigenvalue weighted by molar-refractivity contribution is 5.19. The highest BCUT2D eigenvalue weighted by Crippen LogP contribution is 2.26. The number of likely N-dealkylation sites (tertiary alicyclic amines) is 1. The van der Waals surface area contributed by atoms with Crippen molar-refractivity contribution in [2.75, 3.05) is 13.1 Å². The first-order valence-electron chi connectivity index (χ1n) is 8.27. The van der Waals surface area contributed by atoms with Crippen LogP contribution in [0.3, 0.4) is 0 Å². The number of hydrogen-bond donors (Lipinski definition) is 1. The molecule has 112 valence electrons. The van der Waals surface area contributed by atoms with Gasteiger partial charge in [-0.25, -0.2) is 0 Å². The van der Waals surface area contributed by atoms with Gasteiger partial charge in [0.15, 0.2) is 0 Å². The number of nitrogens with zero attached hydrogens (tertiary/aromatic N) is 1. The van der Waals surface area contributed by atoms with Crippen LogP contribution in [-0.2, 0) is 0 Å². The predicted molar refractivity (Wildman–Crippen MR) is 86.7 cm³/mol. The van der Waals surface area contributed by atoms with Crippen molar-refractivity contribution in [1.29, 1.82) is 0 Å². The molecule has 3 unspecified atom stereocenters. The van der Waals surface area contributed by atoms with E-state index in [4.69, 9.17) is 5.73 Å². The number of benzene rings is 1. The highest BCUT2D eigenvalue weighted by atomic mass is 15.2. The molecule has 0 aromatic heterocycles. The normalized spacial score (nSPS) is 24.1. The molecular weight excluding hydrogens is 244 g/mol. The van der Waals surface area contributed by atoms with E-state index in [1.54, 1.807) is 0 Å². The van der Waals surface area contributed by atoms with Crippen LogP contribution < -0.4 is 5.73 Å². The van der Waals surface area contributed by atoms with Crippen molar-refractivity contribution in [2.24, 2.45) is 11.7 Å². The fraction of sp³-hybridized carbons (Fsp3) is 0.667. The predicted octanol–water partition coefficient (Wildman–Crippen LogP) is 3.98. The Morgan fingerprint density at radius 3 is 2.65 bits per heavy atom. The van der Waals surface area contributed by atoms with Gasteiger partial charge < -0.3 is 5.73 Å². The topological polar surface area (TPSA) is 29.3 Å². The molecule has 20 heavy (non-hydrogen) atoms. The molecule has 0 aliphatic carbocycles. The molecule has 0 amide bonds. The van der Waals surface area contributed by atoms with Crippen LogP contribution in [0.4, 0.5) is 0 Å². The lowest BCUT2D eigenvalue weighted by molar-refractivity contribution is 0.188. The summed E-state index contributed by atoms with van der Waals surface area (Å²) in [4.78, 5) is 2.60. The molecule has 2 rings (SSSR count). The fourth-order valence-electron chi connectivity index (χ4n) is 3.47. The zero-order valence-electron chi connectivity index (χ0n) is 13.1. The summed E-state index contributed by atoms with van der Waals surface area (Å²) in [6.45, 7) is 7.02. The molecule has 3 atom stereocenters. The van der Waals surface area contributed by atoms with Gasteiger partial charge in [0, 0.05) is 12.1 Å². The van der Waals surface area contributed by atoms with E-state index in [1.165, 1.54) is 50.8 Å². The second-order valence-electron chi connectivity index (χ2n) is 6.30. The van der Waals surface area contributed by atoms with Crippen LogP contribution in [0.15, 0.2) is 30.3 Å². The van der Waals surface area contributed by atoms with E-state index in [1.807, 2.05) is 0 Å². The van der Waals surface area contributed by atoms with Crippen LogP contribution in [0.2, 0.25) is 0 Å². The van der Waals surface area contributed by atoms with Gasteiger partial charge in [0.25, 0.3) is 0 Å². The van der Waals surface area contributed by atoms with Gasteiger partial charge in [-0.15, -0.1) is 0 Å². The van der Waals surface area contributed by atoms with E-state index in [0.717, 1.165) is 5.92 Å². The Hall–Kier alpha value is -0.860. The van der Waals surface area contributed by atoms with E-state index in [-0.39, 0.29) is 6.04 Å². The van der Waals surface area contributed by atoms with Gasteiger partial charge in [-0.2, -0.15) is 0 Å². The van der Waals surface area contributed by atoms with Crippen LogP contribution in [-0.4, -0.2) is 24.0 Å². The maximum Gasteiger partial charge on any atom is 0.0450 e. The summed E-state index contributed by atoms with van der Waals surface area (Å²) in [6.07, 6.45) is 6.80. The third-order valence-corrected chi connectivity index (χ3v) is 4.86. The Morgan fingerprint density at radius 1 is 1.20 bits per heavy atom. The first-order chi connectivity index (χ1) is 9.72. The number of nitrogens with two attached hydrogens (primary N) is 1. The SMILES string of the molecule is CCCC1CCCN(C(C)C(N)c2ccccc2)CC1. The minimum atomic E-state index is 0.124. The molecule has 1 fully saturated rings. The van der Waals surface area contributed by atoms with Crippen molar-refractivity contribution in [3.63, 3.8) is 0 Å². The van der Waals surface area contributed by atoms with Gasteiger partial charge in [0.05, 0.1) is 0 Å². The molecule has 0 radical (unpaired) electrons. The summed E-state index contributed by atoms with van der Waals surface area (Å²) >= 11 is 0. The van der Waals surface area contributed by atoms with Crippen LogP contribution in [0.25, 0.3) is 0 Å². The molecular formula is C18H30N2. The van der Waals surface area contributed by atoms with Crippen LogP contribution >= 0.6 is 0 Å². The molecule has 1 aliphatic heterocycles. The van der Waals surface area contributed by atoms with E-state index >= 15 is 0 Å². The van der Waals surface area contributed by atoms with Crippen molar-refractivity contribution in [1.82, 2.24) is 4.90 Å². The number of rotatable bonds is 5. The zero-order valence-corrected chi connectivity index (χ0v) is 13.1. The number of hydrogen-bond acceptors (Lipinski definition) is 2. The smallest absolute Gasteiger partial charge is 0.0450 e. The molecule has 0 saturated carbocycles. The summed E-state index contributed by atoms with van der Waals surface area (Å²) in [6, 6.07) is 11.1. The zero-order chi connectivity index (χ0) is 14.4. The van der Waals surface area contributed by atoms with Gasteiger partial charge in [0.1, 0.15) is 0 Å². The molecule has 1 aromatic carbocycles. The van der Waals surface area contributed by atoms with Crippen molar-refractivity contribution >= 4 is 0 Å². The van der Waals surface area contributed by atoms with Gasteiger partial charge in [0.2, 0.25) is 0 Å². The summed E-state index contributed by atoms with van der Waals surface area (Å²) in [5.41, 5.74) is 7.73. The van der Waals surface area contributed by atoms with E-state index < -0.39 is 0 Å². The Kier molecular flexibility index (Phi) is 6.06. The Bertz CT molecular complexity index is 376. The van der Waals surface area contributed by atoms with Gasteiger partial charge in [-0.05, 0) is 50.8 Å². The average molecular weight is 274 g/mol. The minimum Gasteiger partial charge on any atom is -0.323 e. The summed E-state index contributed by atoms with van der Waals surface area (Å²) in [5.74, 6) is 0.935. The van der Waals surface area contributed by atoms with Crippen molar-refractivity contribution in [2.45, 2.75) is 58.0 Å². The van der Waals surface area contributed by atoms with Gasteiger partial charge >= 0.3 is 0 Å². The monoisotopic (exact) mass is 274 g/mol. The molecule has 2 N–H and O–H groups in total. The van der Waals surface area contributed by atoms with E-state index in [9.17, 15) is 0 Å². The molecule has 1 aliphatic rings. The standard InChI is InChI=1S/C18H30N2/c1-3-8-16-9-7-13-20(14-12-16)15(2)18(19)17-10-5-4-6-11-17/h4-6,10-11,15-16,18H,3,7-9,12-14,19H2,1-2H3. The summed E-state index contributed by atoms with van der Waals surface area (Å²) < 4.78 is 0.